The van der Waals surface area contributed by atoms with Crippen molar-refractivity contribution in [1.29, 1.82) is 0 Å². The summed E-state index contributed by atoms with van der Waals surface area (Å²) in [6.07, 6.45) is 8.97. The van der Waals surface area contributed by atoms with Crippen LogP contribution in [0.5, 0.6) is 0 Å². The van der Waals surface area contributed by atoms with E-state index in [1.165, 1.54) is 5.70 Å². The van der Waals surface area contributed by atoms with E-state index in [1.807, 2.05) is 6.92 Å². The van der Waals surface area contributed by atoms with Crippen LogP contribution in [0.4, 0.5) is 13.6 Å². The zero-order valence-electron chi connectivity index (χ0n) is 17.3. The fraction of sp³-hybridized carbons (Fsp3) is 0.591. The van der Waals surface area contributed by atoms with Crippen molar-refractivity contribution < 1.29 is 18.3 Å². The highest BCUT2D eigenvalue weighted by atomic mass is 19.2. The smallest absolute Gasteiger partial charge is 0.317 e. The number of nitrogens with zero attached hydrogens (tertiary/aromatic N) is 2. The molecule has 0 aromatic heterocycles. The minimum atomic E-state index is -0.812. The highest BCUT2D eigenvalue weighted by molar-refractivity contribution is 5.74. The Bertz CT molecular complexity index is 730. The van der Waals surface area contributed by atoms with Crippen LogP contribution < -0.4 is 5.32 Å². The van der Waals surface area contributed by atoms with E-state index in [2.05, 4.69) is 29.3 Å². The number of amides is 2. The molecular formula is C22H31F2N3O2. The van der Waals surface area contributed by atoms with Gasteiger partial charge in [0.2, 0.25) is 0 Å². The molecule has 3 rings (SSSR count). The van der Waals surface area contributed by atoms with Crippen LogP contribution in [0.2, 0.25) is 0 Å². The molecule has 0 aromatic rings. The van der Waals surface area contributed by atoms with E-state index in [0.717, 1.165) is 37.8 Å². The van der Waals surface area contributed by atoms with Gasteiger partial charge in [-0.2, -0.15) is 0 Å². The second kappa shape index (κ2) is 9.94. The van der Waals surface area contributed by atoms with Crippen LogP contribution in [0, 0.1) is 11.8 Å². The van der Waals surface area contributed by atoms with Crippen molar-refractivity contribution in [2.75, 3.05) is 39.3 Å². The molecule has 2 amide bonds. The van der Waals surface area contributed by atoms with E-state index in [0.29, 0.717) is 32.2 Å². The first kappa shape index (κ1) is 21.4. The van der Waals surface area contributed by atoms with Crippen molar-refractivity contribution in [3.05, 3.63) is 47.4 Å². The summed E-state index contributed by atoms with van der Waals surface area (Å²) in [5.41, 5.74) is 1.17. The van der Waals surface area contributed by atoms with Gasteiger partial charge < -0.3 is 19.9 Å². The van der Waals surface area contributed by atoms with Gasteiger partial charge in [-0.25, -0.2) is 13.6 Å². The van der Waals surface area contributed by atoms with Gasteiger partial charge in [-0.05, 0) is 31.9 Å². The lowest BCUT2D eigenvalue weighted by atomic mass is 9.98. The number of carbonyl (C=O) groups excluding carboxylic acids is 1. The second-order valence-corrected chi connectivity index (χ2v) is 7.84. The highest BCUT2D eigenvalue weighted by Gasteiger charge is 2.24. The zero-order valence-corrected chi connectivity index (χ0v) is 17.3. The van der Waals surface area contributed by atoms with Crippen molar-refractivity contribution in [1.82, 2.24) is 15.1 Å². The van der Waals surface area contributed by atoms with Crippen LogP contribution >= 0.6 is 0 Å². The summed E-state index contributed by atoms with van der Waals surface area (Å²) < 4.78 is 32.2. The highest BCUT2D eigenvalue weighted by Crippen LogP contribution is 2.27. The Morgan fingerprint density at radius 3 is 2.86 bits per heavy atom. The molecule has 0 saturated carbocycles. The number of urea groups is 1. The van der Waals surface area contributed by atoms with E-state index in [9.17, 15) is 13.6 Å². The average Bonchev–Trinajstić information content (AvgIpc) is 2.97. The van der Waals surface area contributed by atoms with Crippen molar-refractivity contribution in [2.45, 2.75) is 33.1 Å². The molecule has 0 aromatic carbocycles. The van der Waals surface area contributed by atoms with Crippen LogP contribution in [-0.4, -0.2) is 55.2 Å². The standard InChI is InChI=1S/C22H31F2N3O2/c1-3-29-21-14-18(7-5-16(21)2)26-9-4-10-27(12-11-26)22(28)25-15-17-6-8-19(23)20(24)13-17/h6-8,14,16-17H,3-5,9-13,15H2,1-2H3,(H,25,28). The average molecular weight is 408 g/mol. The third-order valence-corrected chi connectivity index (χ3v) is 5.65. The third-order valence-electron chi connectivity index (χ3n) is 5.65. The number of allylic oxidation sites excluding steroid dienone is 6. The maximum atomic E-state index is 13.4. The fourth-order valence-corrected chi connectivity index (χ4v) is 3.89. The van der Waals surface area contributed by atoms with Crippen LogP contribution in [-0.2, 0) is 4.74 Å². The lowest BCUT2D eigenvalue weighted by molar-refractivity contribution is 0.190. The molecule has 2 atom stereocenters. The number of hydrogen-bond donors (Lipinski definition) is 1. The molecule has 1 saturated heterocycles. The number of halogens is 2. The van der Waals surface area contributed by atoms with Crippen molar-refractivity contribution in [3.8, 4) is 0 Å². The van der Waals surface area contributed by atoms with Crippen LogP contribution in [0.1, 0.15) is 33.1 Å². The summed E-state index contributed by atoms with van der Waals surface area (Å²) in [7, 11) is 0. The first-order valence-corrected chi connectivity index (χ1v) is 10.5. The molecular weight excluding hydrogens is 376 g/mol. The molecule has 2 unspecified atom stereocenters. The van der Waals surface area contributed by atoms with E-state index in [4.69, 9.17) is 4.74 Å². The van der Waals surface area contributed by atoms with Crippen LogP contribution in [0.15, 0.2) is 47.4 Å². The number of ether oxygens (including phenoxy) is 1. The van der Waals surface area contributed by atoms with Gasteiger partial charge in [-0.15, -0.1) is 0 Å². The molecule has 1 heterocycles. The van der Waals surface area contributed by atoms with Crippen molar-refractivity contribution in [2.24, 2.45) is 11.8 Å². The third kappa shape index (κ3) is 5.61. The Kier molecular flexibility index (Phi) is 7.34. The first-order chi connectivity index (χ1) is 14.0. The lowest BCUT2D eigenvalue weighted by Crippen LogP contribution is -2.43. The quantitative estimate of drug-likeness (QED) is 0.740. The second-order valence-electron chi connectivity index (χ2n) is 7.84. The normalized spacial score (nSPS) is 25.4. The Hall–Kier alpha value is -2.31. The van der Waals surface area contributed by atoms with Crippen molar-refractivity contribution in [3.63, 3.8) is 0 Å². The molecule has 5 nitrogen and oxygen atoms in total. The minimum Gasteiger partial charge on any atom is -0.498 e. The summed E-state index contributed by atoms with van der Waals surface area (Å²) in [6, 6.07) is -0.146. The molecule has 1 aliphatic heterocycles. The Morgan fingerprint density at radius 1 is 1.28 bits per heavy atom. The van der Waals surface area contributed by atoms with Gasteiger partial charge in [0.1, 0.15) is 11.6 Å². The lowest BCUT2D eigenvalue weighted by Gasteiger charge is -2.29. The molecule has 160 valence electrons. The Morgan fingerprint density at radius 2 is 2.10 bits per heavy atom. The van der Waals surface area contributed by atoms with Gasteiger partial charge in [0.15, 0.2) is 5.83 Å². The maximum absolute atomic E-state index is 13.4. The number of carbonyl (C=O) groups is 1. The van der Waals surface area contributed by atoms with E-state index >= 15 is 0 Å². The molecule has 7 heteroatoms. The van der Waals surface area contributed by atoms with E-state index < -0.39 is 11.7 Å². The predicted octanol–water partition coefficient (Wildman–Crippen LogP) is 4.27. The van der Waals surface area contributed by atoms with Gasteiger partial charge in [-0.3, -0.25) is 0 Å². The zero-order chi connectivity index (χ0) is 20.8. The van der Waals surface area contributed by atoms with Gasteiger partial charge in [0.25, 0.3) is 0 Å². The monoisotopic (exact) mass is 407 g/mol. The Balaban J connectivity index is 1.49. The predicted molar refractivity (Wildman–Crippen MR) is 109 cm³/mol. The van der Waals surface area contributed by atoms with E-state index in [1.54, 1.807) is 11.0 Å². The van der Waals surface area contributed by atoms with E-state index in [-0.39, 0.29) is 18.4 Å². The van der Waals surface area contributed by atoms with Gasteiger partial charge in [0, 0.05) is 56.7 Å². The van der Waals surface area contributed by atoms with Gasteiger partial charge in [-0.1, -0.05) is 19.1 Å². The molecule has 2 aliphatic carbocycles. The van der Waals surface area contributed by atoms with Crippen molar-refractivity contribution >= 4 is 6.03 Å². The summed E-state index contributed by atoms with van der Waals surface area (Å²) in [6.45, 7) is 8.09. The van der Waals surface area contributed by atoms with Gasteiger partial charge in [0.05, 0.1) is 6.61 Å². The molecule has 29 heavy (non-hydrogen) atoms. The molecule has 0 spiro atoms. The fourth-order valence-electron chi connectivity index (χ4n) is 3.89. The molecule has 3 aliphatic rings. The molecule has 1 fully saturated rings. The number of hydrogen-bond acceptors (Lipinski definition) is 3. The van der Waals surface area contributed by atoms with Gasteiger partial charge >= 0.3 is 6.03 Å². The minimum absolute atomic E-state index is 0.00251. The van der Waals surface area contributed by atoms with Crippen LogP contribution in [0.3, 0.4) is 0 Å². The topological polar surface area (TPSA) is 44.8 Å². The number of nitrogens with one attached hydrogen (secondary N) is 1. The Labute approximate surface area is 171 Å². The largest absolute Gasteiger partial charge is 0.498 e. The first-order valence-electron chi connectivity index (χ1n) is 10.5. The molecule has 1 N–H and O–H groups in total. The number of rotatable bonds is 5. The summed E-state index contributed by atoms with van der Waals surface area (Å²) in [5, 5.41) is 2.87. The molecule has 0 radical (unpaired) electrons. The van der Waals surface area contributed by atoms with Crippen LogP contribution in [0.25, 0.3) is 0 Å². The summed E-state index contributed by atoms with van der Waals surface area (Å²) >= 11 is 0. The maximum Gasteiger partial charge on any atom is 0.317 e. The summed E-state index contributed by atoms with van der Waals surface area (Å²) in [4.78, 5) is 16.7. The molecule has 0 bridgehead atoms. The summed E-state index contributed by atoms with van der Waals surface area (Å²) in [5.74, 6) is -0.338. The SMILES string of the molecule is CCOC1=CC(N2CCCN(C(=O)NCC3C=CC(F)=C(F)C3)CC2)=CCC1C.